The molecule has 7 heavy (non-hydrogen) atoms. The highest BCUT2D eigenvalue weighted by Crippen LogP contribution is 1.98. The summed E-state index contributed by atoms with van der Waals surface area (Å²) in [6, 6.07) is 0. The summed E-state index contributed by atoms with van der Waals surface area (Å²) < 4.78 is 4.89. The zero-order chi connectivity index (χ0) is 5.11. The lowest BCUT2D eigenvalue weighted by molar-refractivity contribution is 0.244. The normalized spacial score (nSPS) is 29.6. The Labute approximate surface area is 43.2 Å². The lowest BCUT2D eigenvalue weighted by atomic mass is 10.2. The van der Waals surface area contributed by atoms with Gasteiger partial charge in [0, 0.05) is 12.5 Å². The Morgan fingerprint density at radius 3 is 3.00 bits per heavy atom. The predicted molar refractivity (Wildman–Crippen MR) is 28.5 cm³/mol. The summed E-state index contributed by atoms with van der Waals surface area (Å²) in [5.41, 5.74) is 0. The molecule has 0 radical (unpaired) electrons. The van der Waals surface area contributed by atoms with Crippen LogP contribution in [0.2, 0.25) is 0 Å². The van der Waals surface area contributed by atoms with E-state index in [1.54, 1.807) is 0 Å². The third-order valence-electron chi connectivity index (χ3n) is 0.947. The van der Waals surface area contributed by atoms with Gasteiger partial charge in [-0.25, -0.2) is 0 Å². The fraction of sp³-hybridized carbons (Fsp3) is 0.800. The Morgan fingerprint density at radius 2 is 2.71 bits per heavy atom. The molecule has 0 aromatic carbocycles. The second-order valence-electron chi connectivity index (χ2n) is 1.91. The summed E-state index contributed by atoms with van der Waals surface area (Å²) in [4.78, 5) is 3.91. The maximum absolute atomic E-state index is 4.89. The van der Waals surface area contributed by atoms with Gasteiger partial charge < -0.3 is 4.74 Å². The minimum atomic E-state index is 0.616. The zero-order valence-electron chi connectivity index (χ0n) is 4.42. The Kier molecular flexibility index (Phi) is 1.29. The van der Waals surface area contributed by atoms with Crippen molar-refractivity contribution in [2.45, 2.75) is 6.92 Å². The van der Waals surface area contributed by atoms with Crippen LogP contribution in [0.5, 0.6) is 0 Å². The number of hydrogen-bond acceptors (Lipinski definition) is 2. The van der Waals surface area contributed by atoms with Gasteiger partial charge in [0.15, 0.2) is 6.40 Å². The molecule has 1 rings (SSSR count). The molecule has 2 nitrogen and oxygen atoms in total. The van der Waals surface area contributed by atoms with E-state index in [-0.39, 0.29) is 0 Å². The van der Waals surface area contributed by atoms with Gasteiger partial charge in [-0.3, -0.25) is 4.99 Å². The standard InChI is InChI=1S/C5H9NO/c1-5-2-6-4-7-3-5/h4-5H,2-3H2,1H3/t5-/m1/s1. The van der Waals surface area contributed by atoms with Crippen molar-refractivity contribution in [1.82, 2.24) is 0 Å². The molecule has 0 amide bonds. The van der Waals surface area contributed by atoms with Crippen LogP contribution in [0.15, 0.2) is 4.99 Å². The maximum Gasteiger partial charge on any atom is 0.169 e. The van der Waals surface area contributed by atoms with E-state index in [9.17, 15) is 0 Å². The Bertz CT molecular complexity index is 80.1. The zero-order valence-corrected chi connectivity index (χ0v) is 4.42. The van der Waals surface area contributed by atoms with Gasteiger partial charge in [-0.05, 0) is 0 Å². The number of hydrogen-bond donors (Lipinski definition) is 0. The van der Waals surface area contributed by atoms with E-state index < -0.39 is 0 Å². The van der Waals surface area contributed by atoms with Crippen molar-refractivity contribution in [2.75, 3.05) is 13.2 Å². The number of ether oxygens (including phenoxy) is 1. The SMILES string of the molecule is C[C@@H]1CN=COC1. The monoisotopic (exact) mass is 99.1 g/mol. The van der Waals surface area contributed by atoms with Crippen molar-refractivity contribution in [3.63, 3.8) is 0 Å². The molecule has 0 aliphatic carbocycles. The van der Waals surface area contributed by atoms with Crippen molar-refractivity contribution in [2.24, 2.45) is 10.9 Å². The highest BCUT2D eigenvalue weighted by Gasteiger charge is 2.02. The topological polar surface area (TPSA) is 21.6 Å². The van der Waals surface area contributed by atoms with Crippen molar-refractivity contribution >= 4 is 6.40 Å². The molecule has 2 heteroatoms. The second kappa shape index (κ2) is 1.96. The second-order valence-corrected chi connectivity index (χ2v) is 1.91. The number of rotatable bonds is 0. The first kappa shape index (κ1) is 4.62. The van der Waals surface area contributed by atoms with E-state index in [0.29, 0.717) is 5.92 Å². The first-order valence-corrected chi connectivity index (χ1v) is 2.49. The molecule has 0 saturated carbocycles. The van der Waals surface area contributed by atoms with Crippen LogP contribution in [0.1, 0.15) is 6.92 Å². The van der Waals surface area contributed by atoms with Gasteiger partial charge in [0.25, 0.3) is 0 Å². The maximum atomic E-state index is 4.89. The van der Waals surface area contributed by atoms with E-state index in [2.05, 4.69) is 11.9 Å². The van der Waals surface area contributed by atoms with Gasteiger partial charge in [-0.1, -0.05) is 6.92 Å². The lowest BCUT2D eigenvalue weighted by Crippen LogP contribution is -2.13. The smallest absolute Gasteiger partial charge is 0.169 e. The van der Waals surface area contributed by atoms with Gasteiger partial charge in [0.2, 0.25) is 0 Å². The molecule has 1 aliphatic rings. The van der Waals surface area contributed by atoms with Crippen LogP contribution in [0.4, 0.5) is 0 Å². The third-order valence-corrected chi connectivity index (χ3v) is 0.947. The van der Waals surface area contributed by atoms with E-state index in [4.69, 9.17) is 4.74 Å². The Hall–Kier alpha value is -0.530. The fourth-order valence-corrected chi connectivity index (χ4v) is 0.536. The number of aliphatic imine (C=N–C) groups is 1. The quantitative estimate of drug-likeness (QED) is 0.437. The van der Waals surface area contributed by atoms with Gasteiger partial charge in [0.05, 0.1) is 6.61 Å². The Morgan fingerprint density at radius 1 is 1.86 bits per heavy atom. The third kappa shape index (κ3) is 1.18. The van der Waals surface area contributed by atoms with E-state index in [0.717, 1.165) is 13.2 Å². The van der Waals surface area contributed by atoms with Crippen LogP contribution in [-0.4, -0.2) is 19.6 Å². The molecule has 0 fully saturated rings. The van der Waals surface area contributed by atoms with Gasteiger partial charge in [-0.15, -0.1) is 0 Å². The summed E-state index contributed by atoms with van der Waals surface area (Å²) >= 11 is 0. The molecule has 0 spiro atoms. The number of nitrogens with zero attached hydrogens (tertiary/aromatic N) is 1. The van der Waals surface area contributed by atoms with Crippen molar-refractivity contribution < 1.29 is 4.74 Å². The summed E-state index contributed by atoms with van der Waals surface area (Å²) in [7, 11) is 0. The van der Waals surface area contributed by atoms with E-state index in [1.807, 2.05) is 0 Å². The van der Waals surface area contributed by atoms with Gasteiger partial charge in [-0.2, -0.15) is 0 Å². The van der Waals surface area contributed by atoms with E-state index >= 15 is 0 Å². The van der Waals surface area contributed by atoms with Gasteiger partial charge in [0.1, 0.15) is 0 Å². The lowest BCUT2D eigenvalue weighted by Gasteiger charge is -2.10. The van der Waals surface area contributed by atoms with Crippen molar-refractivity contribution in [3.8, 4) is 0 Å². The molecule has 0 bridgehead atoms. The molecule has 1 atom stereocenters. The largest absolute Gasteiger partial charge is 0.483 e. The fourth-order valence-electron chi connectivity index (χ4n) is 0.536. The van der Waals surface area contributed by atoms with Crippen LogP contribution >= 0.6 is 0 Å². The van der Waals surface area contributed by atoms with Gasteiger partial charge >= 0.3 is 0 Å². The average Bonchev–Trinajstić information content (AvgIpc) is 1.69. The molecule has 1 heterocycles. The molecule has 0 saturated heterocycles. The summed E-state index contributed by atoms with van der Waals surface area (Å²) in [6.07, 6.45) is 1.53. The van der Waals surface area contributed by atoms with Crippen LogP contribution < -0.4 is 0 Å². The minimum Gasteiger partial charge on any atom is -0.483 e. The molecule has 0 aromatic heterocycles. The Balaban J connectivity index is 2.32. The molecular weight excluding hydrogens is 90.1 g/mol. The van der Waals surface area contributed by atoms with Crippen molar-refractivity contribution in [3.05, 3.63) is 0 Å². The summed E-state index contributed by atoms with van der Waals surface area (Å²) in [5, 5.41) is 0. The van der Waals surface area contributed by atoms with Crippen LogP contribution in [-0.2, 0) is 4.74 Å². The average molecular weight is 99.1 g/mol. The molecule has 40 valence electrons. The molecule has 0 unspecified atom stereocenters. The van der Waals surface area contributed by atoms with Crippen LogP contribution in [0, 0.1) is 5.92 Å². The molecule has 1 aliphatic heterocycles. The first-order valence-electron chi connectivity index (χ1n) is 2.49. The molecular formula is C5H9NO. The van der Waals surface area contributed by atoms with E-state index in [1.165, 1.54) is 6.40 Å². The highest BCUT2D eigenvalue weighted by atomic mass is 16.5. The minimum absolute atomic E-state index is 0.616. The predicted octanol–water partition coefficient (Wildman–Crippen LogP) is 0.681. The van der Waals surface area contributed by atoms with Crippen molar-refractivity contribution in [1.29, 1.82) is 0 Å². The van der Waals surface area contributed by atoms with Crippen LogP contribution in [0.3, 0.4) is 0 Å². The summed E-state index contributed by atoms with van der Waals surface area (Å²) in [6.45, 7) is 3.89. The highest BCUT2D eigenvalue weighted by molar-refractivity contribution is 5.46. The first-order chi connectivity index (χ1) is 3.39. The van der Waals surface area contributed by atoms with Crippen LogP contribution in [0.25, 0.3) is 0 Å². The summed E-state index contributed by atoms with van der Waals surface area (Å²) in [5.74, 6) is 0.616. The molecule has 0 N–H and O–H groups in total. The molecule has 0 aromatic rings.